The Hall–Kier alpha value is -3.25. The molecule has 4 rings (SSSR count). The summed E-state index contributed by atoms with van der Waals surface area (Å²) < 4.78 is 43.3. The number of ether oxygens (including phenoxy) is 1. The van der Waals surface area contributed by atoms with E-state index < -0.39 is 35.6 Å². The number of anilines is 1. The molecule has 9 nitrogen and oxygen atoms in total. The number of alkyl halides is 3. The zero-order valence-electron chi connectivity index (χ0n) is 24.1. The topological polar surface area (TPSA) is 127 Å². The standard InChI is InChI=1S/C29H34Cl2F3N5O4/c1-27(2,25(35)41)19-11-22(21(31)12-20(19)30)43-28(3,4)26(42)38-16-9-17-6-7-18(10-16)39(17)23-8-5-15(13-36-23)24(40)37-14-29(32,33)34/h5,8,11-13,16-18H,6-7,9-10,14H2,1-4H3,(H2,35,41)(H,37,40)(H,38,42)/t16?,17-,18+. The maximum atomic E-state index is 13.4. The van der Waals surface area contributed by atoms with E-state index in [1.54, 1.807) is 33.8 Å². The van der Waals surface area contributed by atoms with E-state index in [2.05, 4.69) is 15.2 Å². The minimum absolute atomic E-state index is 0.0378. The maximum absolute atomic E-state index is 13.4. The van der Waals surface area contributed by atoms with Crippen molar-refractivity contribution in [1.29, 1.82) is 0 Å². The highest BCUT2D eigenvalue weighted by molar-refractivity contribution is 6.36. The van der Waals surface area contributed by atoms with Crippen molar-refractivity contribution in [2.45, 2.75) is 88.7 Å². The highest BCUT2D eigenvalue weighted by Crippen LogP contribution is 2.40. The Bertz CT molecular complexity index is 1390. The molecule has 0 saturated carbocycles. The fraction of sp³-hybridized carbons (Fsp3) is 0.517. The number of piperidine rings is 1. The molecule has 2 aliphatic rings. The number of halogens is 5. The Morgan fingerprint density at radius 3 is 2.21 bits per heavy atom. The van der Waals surface area contributed by atoms with Crippen molar-refractivity contribution in [3.63, 3.8) is 0 Å². The average Bonchev–Trinajstić information content (AvgIpc) is 3.18. The fourth-order valence-corrected chi connectivity index (χ4v) is 6.18. The number of fused-ring (bicyclic) bond motifs is 2. The number of primary amides is 1. The Morgan fingerprint density at radius 2 is 1.67 bits per heavy atom. The number of carbonyl (C=O) groups excluding carboxylic acids is 3. The van der Waals surface area contributed by atoms with Gasteiger partial charge >= 0.3 is 6.18 Å². The quantitative estimate of drug-likeness (QED) is 0.356. The summed E-state index contributed by atoms with van der Waals surface area (Å²) in [6.45, 7) is 5.08. The van der Waals surface area contributed by atoms with Crippen molar-refractivity contribution in [3.05, 3.63) is 51.6 Å². The Balaban J connectivity index is 1.40. The summed E-state index contributed by atoms with van der Waals surface area (Å²) in [6, 6.07) is 6.09. The molecule has 0 spiro atoms. The van der Waals surface area contributed by atoms with Crippen molar-refractivity contribution >= 4 is 46.7 Å². The van der Waals surface area contributed by atoms with Gasteiger partial charge in [-0.1, -0.05) is 23.2 Å². The SMILES string of the molecule is CC(C)(Oc1cc(C(C)(C)C(N)=O)c(Cl)cc1Cl)C(=O)NC1C[C@H]2CC[C@@H](C1)N2c1ccc(C(=O)NCC(F)(F)F)cn1. The van der Waals surface area contributed by atoms with Gasteiger partial charge in [0.15, 0.2) is 5.60 Å². The summed E-state index contributed by atoms with van der Waals surface area (Å²) in [5, 5.41) is 5.36. The molecule has 2 aliphatic heterocycles. The summed E-state index contributed by atoms with van der Waals surface area (Å²) in [7, 11) is 0. The molecule has 3 heterocycles. The van der Waals surface area contributed by atoms with Crippen molar-refractivity contribution in [2.24, 2.45) is 5.73 Å². The van der Waals surface area contributed by atoms with Crippen LogP contribution >= 0.6 is 23.2 Å². The Morgan fingerprint density at radius 1 is 1.05 bits per heavy atom. The molecule has 1 aromatic carbocycles. The van der Waals surface area contributed by atoms with Gasteiger partial charge in [-0.25, -0.2) is 4.98 Å². The molecule has 1 aromatic heterocycles. The van der Waals surface area contributed by atoms with E-state index in [-0.39, 0.29) is 45.4 Å². The molecule has 4 N–H and O–H groups in total. The van der Waals surface area contributed by atoms with Gasteiger partial charge in [0, 0.05) is 29.3 Å². The molecule has 2 fully saturated rings. The van der Waals surface area contributed by atoms with Gasteiger partial charge < -0.3 is 26.0 Å². The van der Waals surface area contributed by atoms with Crippen LogP contribution in [0.5, 0.6) is 5.75 Å². The summed E-state index contributed by atoms with van der Waals surface area (Å²) in [6.07, 6.45) is -0.180. The third kappa shape index (κ3) is 7.29. The molecule has 1 unspecified atom stereocenters. The van der Waals surface area contributed by atoms with Gasteiger partial charge in [-0.15, -0.1) is 0 Å². The largest absolute Gasteiger partial charge is 0.476 e. The van der Waals surface area contributed by atoms with Gasteiger partial charge in [0.2, 0.25) is 5.91 Å². The first-order chi connectivity index (χ1) is 19.9. The Labute approximate surface area is 257 Å². The molecular formula is C29H34Cl2F3N5O4. The van der Waals surface area contributed by atoms with Crippen LogP contribution in [0.2, 0.25) is 10.0 Å². The molecule has 234 valence electrons. The van der Waals surface area contributed by atoms with E-state index in [1.807, 2.05) is 5.32 Å². The van der Waals surface area contributed by atoms with Gasteiger partial charge in [-0.05, 0) is 83.2 Å². The van der Waals surface area contributed by atoms with E-state index in [4.69, 9.17) is 33.7 Å². The summed E-state index contributed by atoms with van der Waals surface area (Å²) in [5.74, 6) is -0.969. The number of amides is 3. The predicted octanol–water partition coefficient (Wildman–Crippen LogP) is 4.92. The van der Waals surface area contributed by atoms with E-state index in [9.17, 15) is 27.6 Å². The lowest BCUT2D eigenvalue weighted by molar-refractivity contribution is -0.135. The van der Waals surface area contributed by atoms with Crippen molar-refractivity contribution in [3.8, 4) is 5.75 Å². The molecule has 2 aromatic rings. The second-order valence-corrected chi connectivity index (χ2v) is 12.8. The number of nitrogens with one attached hydrogen (secondary N) is 2. The number of aromatic nitrogens is 1. The van der Waals surface area contributed by atoms with Crippen LogP contribution in [0.4, 0.5) is 19.0 Å². The fourth-order valence-electron chi connectivity index (χ4n) is 5.52. The van der Waals surface area contributed by atoms with Gasteiger partial charge in [0.25, 0.3) is 11.8 Å². The van der Waals surface area contributed by atoms with Crippen LogP contribution in [0.1, 0.15) is 69.3 Å². The number of nitrogens with two attached hydrogens (primary N) is 1. The number of hydrogen-bond donors (Lipinski definition) is 3. The minimum Gasteiger partial charge on any atom is -0.476 e. The highest BCUT2D eigenvalue weighted by Gasteiger charge is 2.43. The summed E-state index contributed by atoms with van der Waals surface area (Å²) in [4.78, 5) is 44.0. The highest BCUT2D eigenvalue weighted by atomic mass is 35.5. The predicted molar refractivity (Wildman–Crippen MR) is 156 cm³/mol. The minimum atomic E-state index is -4.50. The van der Waals surface area contributed by atoms with E-state index in [0.29, 0.717) is 24.2 Å². The third-order valence-electron chi connectivity index (χ3n) is 8.02. The van der Waals surface area contributed by atoms with Crippen LogP contribution in [-0.2, 0) is 15.0 Å². The van der Waals surface area contributed by atoms with E-state index in [0.717, 1.165) is 12.8 Å². The smallest absolute Gasteiger partial charge is 0.405 e. The lowest BCUT2D eigenvalue weighted by atomic mass is 9.84. The van der Waals surface area contributed by atoms with Gasteiger partial charge in [-0.3, -0.25) is 14.4 Å². The number of hydrogen-bond acceptors (Lipinski definition) is 6. The van der Waals surface area contributed by atoms with Crippen LogP contribution in [-0.4, -0.2) is 59.2 Å². The number of pyridine rings is 1. The van der Waals surface area contributed by atoms with Crippen LogP contribution in [0, 0.1) is 0 Å². The van der Waals surface area contributed by atoms with E-state index >= 15 is 0 Å². The third-order valence-corrected chi connectivity index (χ3v) is 8.62. The van der Waals surface area contributed by atoms with Crippen LogP contribution in [0.25, 0.3) is 0 Å². The number of nitrogens with zero attached hydrogens (tertiary/aromatic N) is 2. The second kappa shape index (κ2) is 12.0. The number of benzene rings is 1. The zero-order valence-corrected chi connectivity index (χ0v) is 25.7. The molecule has 14 heteroatoms. The van der Waals surface area contributed by atoms with Crippen molar-refractivity contribution in [2.75, 3.05) is 11.4 Å². The average molecular weight is 645 g/mol. The maximum Gasteiger partial charge on any atom is 0.405 e. The van der Waals surface area contributed by atoms with Crippen molar-refractivity contribution < 1.29 is 32.3 Å². The zero-order chi connectivity index (χ0) is 31.9. The first-order valence-corrected chi connectivity index (χ1v) is 14.5. The first kappa shape index (κ1) is 32.7. The normalized spacial score (nSPS) is 20.5. The van der Waals surface area contributed by atoms with Crippen molar-refractivity contribution in [1.82, 2.24) is 15.6 Å². The van der Waals surface area contributed by atoms with Crippen LogP contribution in [0.3, 0.4) is 0 Å². The molecule has 2 bridgehead atoms. The first-order valence-electron chi connectivity index (χ1n) is 13.8. The monoisotopic (exact) mass is 643 g/mol. The van der Waals surface area contributed by atoms with Crippen LogP contribution in [0.15, 0.2) is 30.5 Å². The Kier molecular flexibility index (Phi) is 9.14. The molecule has 43 heavy (non-hydrogen) atoms. The lowest BCUT2D eigenvalue weighted by Gasteiger charge is -2.41. The van der Waals surface area contributed by atoms with E-state index in [1.165, 1.54) is 24.4 Å². The molecular weight excluding hydrogens is 610 g/mol. The van der Waals surface area contributed by atoms with Gasteiger partial charge in [0.1, 0.15) is 18.1 Å². The lowest BCUT2D eigenvalue weighted by Crippen LogP contribution is -2.55. The molecule has 3 amide bonds. The molecule has 0 radical (unpaired) electrons. The number of rotatable bonds is 9. The van der Waals surface area contributed by atoms with Gasteiger partial charge in [-0.2, -0.15) is 13.2 Å². The molecule has 0 aliphatic carbocycles. The molecule has 2 saturated heterocycles. The second-order valence-electron chi connectivity index (χ2n) is 12.0. The van der Waals surface area contributed by atoms with Crippen LogP contribution < -0.4 is 26.0 Å². The van der Waals surface area contributed by atoms with Gasteiger partial charge in [0.05, 0.1) is 16.0 Å². The molecule has 3 atom stereocenters. The summed E-state index contributed by atoms with van der Waals surface area (Å²) >= 11 is 12.7. The number of carbonyl (C=O) groups is 3. The summed E-state index contributed by atoms with van der Waals surface area (Å²) in [5.41, 5.74) is 3.59.